The van der Waals surface area contributed by atoms with E-state index >= 15 is 0 Å². The number of nitrogens with zero attached hydrogens (tertiary/aromatic N) is 2. The van der Waals surface area contributed by atoms with Gasteiger partial charge < -0.3 is 4.52 Å². The number of hydrogen-bond donors (Lipinski definition) is 0. The van der Waals surface area contributed by atoms with E-state index in [-0.39, 0.29) is 0 Å². The van der Waals surface area contributed by atoms with Crippen LogP contribution in [0.25, 0.3) is 33.5 Å². The standard InChI is InChI=1S/C21H11BrN2O3/c1-10-15-16(11-6-8-12(22)9-7-11)17-18(23-21(15)27-24-10)13-4-2-3-5-14(13)19(25)20(17)26/h2-9H,1H3. The van der Waals surface area contributed by atoms with E-state index in [1.807, 2.05) is 30.3 Å². The van der Waals surface area contributed by atoms with Crippen LogP contribution in [-0.4, -0.2) is 21.7 Å². The zero-order valence-corrected chi connectivity index (χ0v) is 15.7. The minimum absolute atomic E-state index is 0.305. The van der Waals surface area contributed by atoms with Crippen molar-refractivity contribution in [2.75, 3.05) is 0 Å². The highest BCUT2D eigenvalue weighted by molar-refractivity contribution is 9.10. The molecule has 0 atom stereocenters. The van der Waals surface area contributed by atoms with Crippen molar-refractivity contribution in [2.45, 2.75) is 6.92 Å². The molecule has 27 heavy (non-hydrogen) atoms. The number of rotatable bonds is 1. The summed E-state index contributed by atoms with van der Waals surface area (Å²) in [6.45, 7) is 1.80. The van der Waals surface area contributed by atoms with Crippen LogP contribution in [0.5, 0.6) is 0 Å². The van der Waals surface area contributed by atoms with Gasteiger partial charge in [0.05, 0.1) is 22.3 Å². The molecular weight excluding hydrogens is 408 g/mol. The maximum atomic E-state index is 13.1. The molecule has 0 unspecified atom stereocenters. The van der Waals surface area contributed by atoms with Gasteiger partial charge in [0.1, 0.15) is 0 Å². The molecule has 5 nitrogen and oxygen atoms in total. The Balaban J connectivity index is 1.98. The summed E-state index contributed by atoms with van der Waals surface area (Å²) in [5.41, 5.74) is 4.16. The summed E-state index contributed by atoms with van der Waals surface area (Å²) in [7, 11) is 0. The van der Waals surface area contributed by atoms with E-state index in [0.717, 1.165) is 10.0 Å². The summed E-state index contributed by atoms with van der Waals surface area (Å²) in [5.74, 6) is -1.08. The molecule has 0 amide bonds. The number of carbonyl (C=O) groups excluding carboxylic acids is 2. The Morgan fingerprint density at radius 2 is 1.59 bits per heavy atom. The van der Waals surface area contributed by atoms with Crippen molar-refractivity contribution in [1.82, 2.24) is 10.1 Å². The molecule has 2 aromatic carbocycles. The van der Waals surface area contributed by atoms with Gasteiger partial charge in [0.15, 0.2) is 0 Å². The molecule has 0 radical (unpaired) electrons. The van der Waals surface area contributed by atoms with Crippen LogP contribution in [0.15, 0.2) is 57.5 Å². The van der Waals surface area contributed by atoms with Crippen LogP contribution in [0.3, 0.4) is 0 Å². The first-order valence-electron chi connectivity index (χ1n) is 8.30. The first kappa shape index (κ1) is 16.1. The van der Waals surface area contributed by atoms with E-state index in [1.54, 1.807) is 25.1 Å². The third-order valence-electron chi connectivity index (χ3n) is 4.79. The number of aromatic nitrogens is 2. The molecule has 6 heteroatoms. The third kappa shape index (κ3) is 2.23. The monoisotopic (exact) mass is 418 g/mol. The van der Waals surface area contributed by atoms with Crippen molar-refractivity contribution in [3.8, 4) is 22.4 Å². The quantitative estimate of drug-likeness (QED) is 0.406. The number of carbonyl (C=O) groups is 2. The molecule has 1 aliphatic carbocycles. The van der Waals surface area contributed by atoms with Crippen LogP contribution in [0.4, 0.5) is 0 Å². The number of ketones is 2. The Morgan fingerprint density at radius 3 is 2.33 bits per heavy atom. The molecule has 2 aromatic heterocycles. The minimum atomic E-state index is -0.559. The average Bonchev–Trinajstić information content (AvgIpc) is 3.06. The summed E-state index contributed by atoms with van der Waals surface area (Å²) < 4.78 is 6.33. The fourth-order valence-corrected chi connectivity index (χ4v) is 3.83. The van der Waals surface area contributed by atoms with Crippen molar-refractivity contribution < 1.29 is 14.1 Å². The number of hydrogen-bond acceptors (Lipinski definition) is 5. The zero-order chi connectivity index (χ0) is 18.7. The van der Waals surface area contributed by atoms with Crippen molar-refractivity contribution in [3.05, 3.63) is 69.8 Å². The highest BCUT2D eigenvalue weighted by Crippen LogP contribution is 2.42. The van der Waals surface area contributed by atoms with E-state index in [9.17, 15) is 9.59 Å². The average molecular weight is 419 g/mol. The lowest BCUT2D eigenvalue weighted by Gasteiger charge is -2.20. The van der Waals surface area contributed by atoms with Crippen LogP contribution < -0.4 is 0 Å². The molecule has 130 valence electrons. The molecule has 2 heterocycles. The van der Waals surface area contributed by atoms with Gasteiger partial charge in [0.2, 0.25) is 11.6 Å². The number of halogens is 1. The highest BCUT2D eigenvalue weighted by Gasteiger charge is 2.36. The molecule has 0 fully saturated rings. The molecule has 0 aliphatic heterocycles. The topological polar surface area (TPSA) is 73.1 Å². The molecule has 1 aliphatic rings. The van der Waals surface area contributed by atoms with Gasteiger partial charge >= 0.3 is 0 Å². The van der Waals surface area contributed by atoms with Gasteiger partial charge in [0, 0.05) is 21.2 Å². The summed E-state index contributed by atoms with van der Waals surface area (Å²) in [4.78, 5) is 30.4. The predicted molar refractivity (Wildman–Crippen MR) is 104 cm³/mol. The molecule has 0 saturated carbocycles. The predicted octanol–water partition coefficient (Wildman–Crippen LogP) is 5.01. The van der Waals surface area contributed by atoms with Crippen molar-refractivity contribution in [2.24, 2.45) is 0 Å². The van der Waals surface area contributed by atoms with Gasteiger partial charge in [-0.2, -0.15) is 0 Å². The molecule has 0 saturated heterocycles. The van der Waals surface area contributed by atoms with Gasteiger partial charge in [-0.25, -0.2) is 4.98 Å². The van der Waals surface area contributed by atoms with E-state index in [1.165, 1.54) is 0 Å². The number of Topliss-reactive ketones (excluding diaryl/α,β-unsaturated/α-hetero) is 2. The van der Waals surface area contributed by atoms with Crippen LogP contribution in [-0.2, 0) is 0 Å². The summed E-state index contributed by atoms with van der Waals surface area (Å²) >= 11 is 3.43. The normalized spacial score (nSPS) is 13.0. The van der Waals surface area contributed by atoms with E-state index in [0.29, 0.717) is 44.7 Å². The Bertz CT molecular complexity index is 1270. The van der Waals surface area contributed by atoms with Crippen LogP contribution >= 0.6 is 15.9 Å². The minimum Gasteiger partial charge on any atom is -0.336 e. The summed E-state index contributed by atoms with van der Waals surface area (Å²) in [6.07, 6.45) is 0. The van der Waals surface area contributed by atoms with E-state index in [4.69, 9.17) is 4.52 Å². The maximum Gasteiger partial charge on any atom is 0.259 e. The molecule has 4 aromatic rings. The molecule has 0 bridgehead atoms. The van der Waals surface area contributed by atoms with Crippen LogP contribution in [0.2, 0.25) is 0 Å². The first-order chi connectivity index (χ1) is 13.1. The van der Waals surface area contributed by atoms with Crippen molar-refractivity contribution in [1.29, 1.82) is 0 Å². The zero-order valence-electron chi connectivity index (χ0n) is 14.1. The Labute approximate surface area is 162 Å². The largest absolute Gasteiger partial charge is 0.336 e. The lowest BCUT2D eigenvalue weighted by atomic mass is 9.82. The van der Waals surface area contributed by atoms with Gasteiger partial charge in [-0.05, 0) is 24.6 Å². The molecule has 5 rings (SSSR count). The fraction of sp³-hybridized carbons (Fsp3) is 0.0476. The van der Waals surface area contributed by atoms with Crippen molar-refractivity contribution in [3.63, 3.8) is 0 Å². The second kappa shape index (κ2) is 5.69. The van der Waals surface area contributed by atoms with Gasteiger partial charge in [-0.3, -0.25) is 9.59 Å². The number of pyridine rings is 1. The van der Waals surface area contributed by atoms with Gasteiger partial charge in [-0.15, -0.1) is 0 Å². The lowest BCUT2D eigenvalue weighted by molar-refractivity contribution is 0.0815. The highest BCUT2D eigenvalue weighted by atomic mass is 79.9. The maximum absolute atomic E-state index is 13.1. The second-order valence-electron chi connectivity index (χ2n) is 6.37. The van der Waals surface area contributed by atoms with Crippen LogP contribution in [0, 0.1) is 6.92 Å². The Kier molecular flexibility index (Phi) is 3.39. The Morgan fingerprint density at radius 1 is 0.889 bits per heavy atom. The van der Waals surface area contributed by atoms with E-state index < -0.39 is 11.6 Å². The summed E-state index contributed by atoms with van der Waals surface area (Å²) in [6, 6.07) is 14.6. The van der Waals surface area contributed by atoms with E-state index in [2.05, 4.69) is 26.1 Å². The summed E-state index contributed by atoms with van der Waals surface area (Å²) in [5, 5.41) is 4.68. The van der Waals surface area contributed by atoms with Crippen LogP contribution in [0.1, 0.15) is 26.4 Å². The first-order valence-corrected chi connectivity index (χ1v) is 9.10. The van der Waals surface area contributed by atoms with Gasteiger partial charge in [0.25, 0.3) is 5.71 Å². The fourth-order valence-electron chi connectivity index (χ4n) is 3.57. The number of fused-ring (bicyclic) bond motifs is 4. The lowest BCUT2D eigenvalue weighted by Crippen LogP contribution is -2.23. The smallest absolute Gasteiger partial charge is 0.259 e. The second-order valence-corrected chi connectivity index (χ2v) is 7.28. The SMILES string of the molecule is Cc1noc2nc3c(c(-c4ccc(Br)cc4)c12)C(=O)C(=O)c1ccccc1-3. The number of benzene rings is 2. The van der Waals surface area contributed by atoms with Crippen molar-refractivity contribution >= 4 is 38.6 Å². The molecular formula is C21H11BrN2O3. The molecule has 0 spiro atoms. The third-order valence-corrected chi connectivity index (χ3v) is 5.32. The number of aryl methyl sites for hydroxylation is 1. The van der Waals surface area contributed by atoms with Gasteiger partial charge in [-0.1, -0.05) is 57.5 Å². The Hall–Kier alpha value is -3.12. The molecule has 0 N–H and O–H groups in total.